The lowest BCUT2D eigenvalue weighted by atomic mass is 9.93. The molecular weight excluding hydrogens is 377 g/mol. The van der Waals surface area contributed by atoms with Gasteiger partial charge in [0.25, 0.3) is 5.91 Å². The second-order valence-corrected chi connectivity index (χ2v) is 7.82. The molecule has 2 aromatic carbocycles. The van der Waals surface area contributed by atoms with Crippen molar-refractivity contribution in [1.29, 1.82) is 0 Å². The number of piperidine rings is 1. The first-order valence-corrected chi connectivity index (χ1v) is 10.3. The molecule has 5 rings (SSSR count). The summed E-state index contributed by atoms with van der Waals surface area (Å²) in [5.74, 6) is 0.00532. The van der Waals surface area contributed by atoms with E-state index in [2.05, 4.69) is 4.98 Å². The van der Waals surface area contributed by atoms with Crippen molar-refractivity contribution < 1.29 is 9.18 Å². The number of carbonyl (C=O) groups is 1. The van der Waals surface area contributed by atoms with Gasteiger partial charge in [0.05, 0.1) is 5.69 Å². The van der Waals surface area contributed by atoms with Crippen LogP contribution < -0.4 is 0 Å². The minimum atomic E-state index is -0.255. The molecule has 1 aliphatic heterocycles. The number of nitrogens with zero attached hydrogens (tertiary/aromatic N) is 2. The maximum Gasteiger partial charge on any atom is 0.253 e. The summed E-state index contributed by atoms with van der Waals surface area (Å²) in [7, 11) is 0. The van der Waals surface area contributed by atoms with Crippen LogP contribution in [0.15, 0.2) is 72.9 Å². The van der Waals surface area contributed by atoms with Crippen LogP contribution in [0.5, 0.6) is 0 Å². The molecule has 0 unspecified atom stereocenters. The third-order valence-electron chi connectivity index (χ3n) is 5.84. The molecule has 1 N–H and O–H groups in total. The molecule has 4 aromatic rings. The fraction of sp³-hybridized carbons (Fsp3) is 0.200. The smallest absolute Gasteiger partial charge is 0.253 e. The van der Waals surface area contributed by atoms with Crippen LogP contribution in [-0.4, -0.2) is 33.9 Å². The number of rotatable bonds is 3. The van der Waals surface area contributed by atoms with Gasteiger partial charge in [0.2, 0.25) is 0 Å². The Bertz CT molecular complexity index is 1200. The van der Waals surface area contributed by atoms with Gasteiger partial charge in [-0.15, -0.1) is 0 Å². The van der Waals surface area contributed by atoms with Crippen molar-refractivity contribution >= 4 is 16.8 Å². The van der Waals surface area contributed by atoms with Gasteiger partial charge >= 0.3 is 0 Å². The number of benzene rings is 2. The summed E-state index contributed by atoms with van der Waals surface area (Å²) < 4.78 is 13.2. The van der Waals surface area contributed by atoms with E-state index in [9.17, 15) is 9.18 Å². The van der Waals surface area contributed by atoms with E-state index in [1.165, 1.54) is 12.1 Å². The van der Waals surface area contributed by atoms with Crippen molar-refractivity contribution in [3.63, 3.8) is 0 Å². The van der Waals surface area contributed by atoms with Crippen LogP contribution >= 0.6 is 0 Å². The van der Waals surface area contributed by atoms with Gasteiger partial charge < -0.3 is 9.88 Å². The van der Waals surface area contributed by atoms with Crippen LogP contribution in [0.1, 0.15) is 34.8 Å². The molecule has 1 amide bonds. The van der Waals surface area contributed by atoms with Crippen LogP contribution in [0.4, 0.5) is 4.39 Å². The van der Waals surface area contributed by atoms with Crippen LogP contribution in [0.25, 0.3) is 22.2 Å². The number of likely N-dealkylation sites (tertiary alicyclic amines) is 1. The third-order valence-corrected chi connectivity index (χ3v) is 5.84. The predicted molar refractivity (Wildman–Crippen MR) is 116 cm³/mol. The molecule has 1 fully saturated rings. The molecule has 1 saturated heterocycles. The van der Waals surface area contributed by atoms with E-state index in [-0.39, 0.29) is 17.6 Å². The summed E-state index contributed by atoms with van der Waals surface area (Å²) >= 11 is 0. The van der Waals surface area contributed by atoms with Crippen molar-refractivity contribution in [1.82, 2.24) is 14.9 Å². The molecule has 5 heteroatoms. The topological polar surface area (TPSA) is 49.0 Å². The molecule has 30 heavy (non-hydrogen) atoms. The van der Waals surface area contributed by atoms with E-state index in [1.54, 1.807) is 12.1 Å². The fourth-order valence-corrected chi connectivity index (χ4v) is 4.23. The van der Waals surface area contributed by atoms with Crippen molar-refractivity contribution in [3.05, 3.63) is 90.0 Å². The first-order chi connectivity index (χ1) is 14.7. The van der Waals surface area contributed by atoms with E-state index in [4.69, 9.17) is 4.98 Å². The second-order valence-electron chi connectivity index (χ2n) is 7.82. The summed E-state index contributed by atoms with van der Waals surface area (Å²) in [5.41, 5.74) is 4.45. The number of amides is 1. The average molecular weight is 399 g/mol. The molecule has 0 aliphatic carbocycles. The first kappa shape index (κ1) is 18.6. The Kier molecular flexibility index (Phi) is 4.79. The lowest BCUT2D eigenvalue weighted by Gasteiger charge is -2.32. The Morgan fingerprint density at radius 3 is 2.80 bits per heavy atom. The Labute approximate surface area is 174 Å². The number of carbonyl (C=O) groups excluding carboxylic acids is 1. The molecule has 1 atom stereocenters. The standard InChI is InChI=1S/C25H22FN3O/c26-21-9-6-17(7-10-21)23-4-1-5-24(28-23)20-3-2-14-29(16-20)25(30)19-8-11-22-18(15-19)12-13-27-22/h1,4-13,15,20,27H,2-3,14,16H2/t20-/m0/s1. The molecule has 0 spiro atoms. The number of aromatic amines is 1. The van der Waals surface area contributed by atoms with Gasteiger partial charge in [-0.2, -0.15) is 0 Å². The Hall–Kier alpha value is -3.47. The number of aromatic nitrogens is 2. The normalized spacial score (nSPS) is 16.7. The minimum absolute atomic E-state index is 0.0671. The van der Waals surface area contributed by atoms with Crippen LogP contribution in [0.2, 0.25) is 0 Å². The van der Waals surface area contributed by atoms with Crippen LogP contribution in [0.3, 0.4) is 0 Å². The molecule has 4 nitrogen and oxygen atoms in total. The number of H-pyrrole nitrogens is 1. The quantitative estimate of drug-likeness (QED) is 0.502. The highest BCUT2D eigenvalue weighted by Gasteiger charge is 2.26. The predicted octanol–water partition coefficient (Wildman–Crippen LogP) is 5.39. The van der Waals surface area contributed by atoms with Crippen LogP contribution in [0, 0.1) is 5.82 Å². The number of halogens is 1. The highest BCUT2D eigenvalue weighted by molar-refractivity contribution is 5.98. The number of fused-ring (bicyclic) bond motifs is 1. The molecule has 1 aliphatic rings. The zero-order chi connectivity index (χ0) is 20.5. The number of hydrogen-bond donors (Lipinski definition) is 1. The second kappa shape index (κ2) is 7.75. The van der Waals surface area contributed by atoms with E-state index in [0.717, 1.165) is 52.8 Å². The average Bonchev–Trinajstić information content (AvgIpc) is 3.27. The van der Waals surface area contributed by atoms with Gasteiger partial charge in [0.1, 0.15) is 5.82 Å². The van der Waals surface area contributed by atoms with Crippen LogP contribution in [-0.2, 0) is 0 Å². The van der Waals surface area contributed by atoms with E-state index < -0.39 is 0 Å². The molecule has 0 bridgehead atoms. The zero-order valence-electron chi connectivity index (χ0n) is 16.5. The lowest BCUT2D eigenvalue weighted by molar-refractivity contribution is 0.0706. The molecule has 0 radical (unpaired) electrons. The molecule has 0 saturated carbocycles. The molecular formula is C25H22FN3O. The van der Waals surface area contributed by atoms with Crippen molar-refractivity contribution in [2.45, 2.75) is 18.8 Å². The summed E-state index contributed by atoms with van der Waals surface area (Å²) in [6, 6.07) is 20.1. The summed E-state index contributed by atoms with van der Waals surface area (Å²) in [6.07, 6.45) is 3.83. The maximum atomic E-state index is 13.2. The molecule has 2 aromatic heterocycles. The third kappa shape index (κ3) is 3.59. The summed E-state index contributed by atoms with van der Waals surface area (Å²) in [5, 5.41) is 1.04. The zero-order valence-corrected chi connectivity index (χ0v) is 16.5. The van der Waals surface area contributed by atoms with Gasteiger partial charge in [-0.25, -0.2) is 4.39 Å². The van der Waals surface area contributed by atoms with Crippen molar-refractivity contribution in [2.75, 3.05) is 13.1 Å². The molecule has 150 valence electrons. The van der Waals surface area contributed by atoms with E-state index in [0.29, 0.717) is 6.54 Å². The summed E-state index contributed by atoms with van der Waals surface area (Å²) in [4.78, 5) is 23.1. The van der Waals surface area contributed by atoms with Gasteiger partial charge in [-0.05, 0) is 73.5 Å². The minimum Gasteiger partial charge on any atom is -0.361 e. The van der Waals surface area contributed by atoms with Crippen molar-refractivity contribution in [2.24, 2.45) is 0 Å². The monoisotopic (exact) mass is 399 g/mol. The highest BCUT2D eigenvalue weighted by Crippen LogP contribution is 2.29. The molecule has 3 heterocycles. The number of hydrogen-bond acceptors (Lipinski definition) is 2. The highest BCUT2D eigenvalue weighted by atomic mass is 19.1. The van der Waals surface area contributed by atoms with Crippen molar-refractivity contribution in [3.8, 4) is 11.3 Å². The maximum absolute atomic E-state index is 13.2. The Morgan fingerprint density at radius 2 is 1.93 bits per heavy atom. The van der Waals surface area contributed by atoms with Gasteiger partial charge in [-0.3, -0.25) is 9.78 Å². The van der Waals surface area contributed by atoms with Gasteiger partial charge in [0.15, 0.2) is 0 Å². The largest absolute Gasteiger partial charge is 0.361 e. The van der Waals surface area contributed by atoms with E-state index in [1.807, 2.05) is 53.6 Å². The Balaban J connectivity index is 1.36. The van der Waals surface area contributed by atoms with E-state index >= 15 is 0 Å². The fourth-order valence-electron chi connectivity index (χ4n) is 4.23. The lowest BCUT2D eigenvalue weighted by Crippen LogP contribution is -2.39. The first-order valence-electron chi connectivity index (χ1n) is 10.3. The SMILES string of the molecule is O=C(c1ccc2[nH]ccc2c1)N1CCC[C@H](c2cccc(-c3ccc(F)cc3)n2)C1. The Morgan fingerprint density at radius 1 is 1.07 bits per heavy atom. The van der Waals surface area contributed by atoms with Gasteiger partial charge in [0, 0.05) is 52.9 Å². The summed E-state index contributed by atoms with van der Waals surface area (Å²) in [6.45, 7) is 1.42. The number of pyridine rings is 1. The van der Waals surface area contributed by atoms with Gasteiger partial charge in [-0.1, -0.05) is 6.07 Å². The number of nitrogens with one attached hydrogen (secondary N) is 1.